The lowest BCUT2D eigenvalue weighted by Crippen LogP contribution is -2.04. The molecule has 0 heterocycles. The van der Waals surface area contributed by atoms with Crippen molar-refractivity contribution in [2.45, 2.75) is 39.5 Å². The number of nitrogens with one attached hydrogen (secondary N) is 1. The molecule has 2 rings (SSSR count). The predicted molar refractivity (Wildman–Crippen MR) is 99.3 cm³/mol. The first-order valence-electron chi connectivity index (χ1n) is 8.57. The third-order valence-corrected chi connectivity index (χ3v) is 3.87. The largest absolute Gasteiger partial charge is 0.491 e. The number of nitrogen functional groups attached to an aromatic ring is 1. The number of rotatable bonds is 9. The summed E-state index contributed by atoms with van der Waals surface area (Å²) in [5, 5.41) is 3.46. The summed E-state index contributed by atoms with van der Waals surface area (Å²) in [4.78, 5) is 0. The van der Waals surface area contributed by atoms with E-state index in [-0.39, 0.29) is 0 Å². The lowest BCUT2D eigenvalue weighted by molar-refractivity contribution is 0.319. The van der Waals surface area contributed by atoms with Gasteiger partial charge < -0.3 is 15.8 Å². The minimum Gasteiger partial charge on any atom is -0.491 e. The Hall–Kier alpha value is -2.16. The van der Waals surface area contributed by atoms with Gasteiger partial charge in [0.25, 0.3) is 0 Å². The van der Waals surface area contributed by atoms with Crippen LogP contribution in [0.3, 0.4) is 0 Å². The van der Waals surface area contributed by atoms with E-state index in [1.54, 1.807) is 0 Å². The van der Waals surface area contributed by atoms with Crippen LogP contribution in [0.1, 0.15) is 37.8 Å². The van der Waals surface area contributed by atoms with Gasteiger partial charge in [-0.25, -0.2) is 0 Å². The Balaban J connectivity index is 1.76. The molecule has 0 fully saturated rings. The summed E-state index contributed by atoms with van der Waals surface area (Å²) in [5.41, 5.74) is 10.6. The van der Waals surface area contributed by atoms with E-state index in [0.717, 1.165) is 43.7 Å². The maximum atomic E-state index is 6.04. The number of nitrogens with two attached hydrogens (primary N) is 1. The second-order valence-electron chi connectivity index (χ2n) is 5.80. The fraction of sp³-hybridized carbons (Fsp3) is 0.400. The molecule has 0 radical (unpaired) electrons. The molecular formula is C20H28N2O. The molecule has 0 aliphatic heterocycles. The van der Waals surface area contributed by atoms with Gasteiger partial charge in [0.05, 0.1) is 12.3 Å². The van der Waals surface area contributed by atoms with Crippen molar-refractivity contribution in [3.05, 3.63) is 53.6 Å². The third-order valence-electron chi connectivity index (χ3n) is 3.87. The number of hydrogen-bond acceptors (Lipinski definition) is 3. The molecule has 0 aromatic heterocycles. The van der Waals surface area contributed by atoms with Gasteiger partial charge in [0.1, 0.15) is 5.75 Å². The number of ether oxygens (including phenoxy) is 1. The Kier molecular flexibility index (Phi) is 6.79. The standard InChI is InChI=1S/C20H28N2O/c1-3-14-23-20-12-9-17(15-19(20)21)6-5-13-22-18-10-7-16(4-2)8-11-18/h7-12,15,22H,3-6,13-14,21H2,1-2H3. The van der Waals surface area contributed by atoms with Crippen molar-refractivity contribution in [1.29, 1.82) is 0 Å². The molecule has 0 unspecified atom stereocenters. The van der Waals surface area contributed by atoms with Gasteiger partial charge in [-0.2, -0.15) is 0 Å². The summed E-state index contributed by atoms with van der Waals surface area (Å²) in [6.45, 7) is 5.93. The molecule has 124 valence electrons. The van der Waals surface area contributed by atoms with Crippen LogP contribution in [-0.4, -0.2) is 13.2 Å². The average molecular weight is 312 g/mol. The topological polar surface area (TPSA) is 47.3 Å². The zero-order valence-electron chi connectivity index (χ0n) is 14.3. The third kappa shape index (κ3) is 5.51. The summed E-state index contributed by atoms with van der Waals surface area (Å²) in [5.74, 6) is 0.796. The van der Waals surface area contributed by atoms with Crippen LogP contribution in [0.5, 0.6) is 5.75 Å². The lowest BCUT2D eigenvalue weighted by Gasteiger charge is -2.10. The van der Waals surface area contributed by atoms with E-state index >= 15 is 0 Å². The first-order chi connectivity index (χ1) is 11.2. The van der Waals surface area contributed by atoms with Crippen molar-refractivity contribution < 1.29 is 4.74 Å². The second kappa shape index (κ2) is 9.09. The van der Waals surface area contributed by atoms with Crippen LogP contribution in [0.25, 0.3) is 0 Å². The van der Waals surface area contributed by atoms with E-state index < -0.39 is 0 Å². The predicted octanol–water partition coefficient (Wildman–Crippen LogP) is 4.66. The van der Waals surface area contributed by atoms with Crippen LogP contribution in [-0.2, 0) is 12.8 Å². The van der Waals surface area contributed by atoms with E-state index in [4.69, 9.17) is 10.5 Å². The van der Waals surface area contributed by atoms with E-state index in [9.17, 15) is 0 Å². The van der Waals surface area contributed by atoms with Crippen LogP contribution in [0.15, 0.2) is 42.5 Å². The van der Waals surface area contributed by atoms with Crippen molar-refractivity contribution in [1.82, 2.24) is 0 Å². The lowest BCUT2D eigenvalue weighted by atomic mass is 10.1. The second-order valence-corrected chi connectivity index (χ2v) is 5.80. The van der Waals surface area contributed by atoms with Gasteiger partial charge in [0.2, 0.25) is 0 Å². The van der Waals surface area contributed by atoms with Gasteiger partial charge in [0.15, 0.2) is 0 Å². The highest BCUT2D eigenvalue weighted by Crippen LogP contribution is 2.23. The summed E-state index contributed by atoms with van der Waals surface area (Å²) >= 11 is 0. The molecule has 0 saturated heterocycles. The molecule has 0 amide bonds. The monoisotopic (exact) mass is 312 g/mol. The fourth-order valence-electron chi connectivity index (χ4n) is 2.48. The Morgan fingerprint density at radius 1 is 1.00 bits per heavy atom. The highest BCUT2D eigenvalue weighted by atomic mass is 16.5. The molecule has 0 atom stereocenters. The Morgan fingerprint density at radius 2 is 1.74 bits per heavy atom. The SMILES string of the molecule is CCCOc1ccc(CCCNc2ccc(CC)cc2)cc1N. The first kappa shape index (κ1) is 17.2. The molecule has 2 aromatic rings. The summed E-state index contributed by atoms with van der Waals surface area (Å²) in [7, 11) is 0. The minimum atomic E-state index is 0.713. The summed E-state index contributed by atoms with van der Waals surface area (Å²) < 4.78 is 5.61. The zero-order valence-corrected chi connectivity index (χ0v) is 14.3. The smallest absolute Gasteiger partial charge is 0.142 e. The number of hydrogen-bond donors (Lipinski definition) is 2. The molecule has 0 bridgehead atoms. The van der Waals surface area contributed by atoms with E-state index in [2.05, 4.69) is 49.5 Å². The number of anilines is 2. The molecule has 0 aliphatic carbocycles. The molecule has 0 spiro atoms. The normalized spacial score (nSPS) is 10.5. The van der Waals surface area contributed by atoms with Crippen molar-refractivity contribution >= 4 is 11.4 Å². The van der Waals surface area contributed by atoms with E-state index in [0.29, 0.717) is 6.61 Å². The molecule has 0 aliphatic rings. The van der Waals surface area contributed by atoms with Crippen LogP contribution >= 0.6 is 0 Å². The van der Waals surface area contributed by atoms with Crippen LogP contribution < -0.4 is 15.8 Å². The van der Waals surface area contributed by atoms with Gasteiger partial charge >= 0.3 is 0 Å². The van der Waals surface area contributed by atoms with Gasteiger partial charge in [-0.1, -0.05) is 32.0 Å². The van der Waals surface area contributed by atoms with Crippen molar-refractivity contribution in [3.8, 4) is 5.75 Å². The molecule has 3 N–H and O–H groups in total. The maximum absolute atomic E-state index is 6.04. The number of benzene rings is 2. The maximum Gasteiger partial charge on any atom is 0.142 e. The minimum absolute atomic E-state index is 0.713. The first-order valence-corrected chi connectivity index (χ1v) is 8.57. The Morgan fingerprint density at radius 3 is 2.39 bits per heavy atom. The fourth-order valence-corrected chi connectivity index (χ4v) is 2.48. The number of aryl methyl sites for hydroxylation is 2. The molecule has 0 saturated carbocycles. The van der Waals surface area contributed by atoms with Crippen molar-refractivity contribution in [3.63, 3.8) is 0 Å². The quantitative estimate of drug-likeness (QED) is 0.523. The average Bonchev–Trinajstić information content (AvgIpc) is 2.58. The molecular weight excluding hydrogens is 284 g/mol. The molecule has 2 aromatic carbocycles. The van der Waals surface area contributed by atoms with Crippen molar-refractivity contribution in [2.75, 3.05) is 24.2 Å². The van der Waals surface area contributed by atoms with E-state index in [1.165, 1.54) is 16.8 Å². The molecule has 3 nitrogen and oxygen atoms in total. The van der Waals surface area contributed by atoms with Crippen molar-refractivity contribution in [2.24, 2.45) is 0 Å². The summed E-state index contributed by atoms with van der Waals surface area (Å²) in [6.07, 6.45) is 4.16. The Bertz CT molecular complexity index is 593. The van der Waals surface area contributed by atoms with Gasteiger partial charge in [-0.05, 0) is 61.1 Å². The van der Waals surface area contributed by atoms with Crippen LogP contribution in [0.2, 0.25) is 0 Å². The van der Waals surface area contributed by atoms with E-state index in [1.807, 2.05) is 12.1 Å². The van der Waals surface area contributed by atoms with Crippen LogP contribution in [0.4, 0.5) is 11.4 Å². The molecule has 23 heavy (non-hydrogen) atoms. The Labute approximate surface area is 139 Å². The highest BCUT2D eigenvalue weighted by Gasteiger charge is 2.02. The van der Waals surface area contributed by atoms with Crippen LogP contribution in [0, 0.1) is 0 Å². The van der Waals surface area contributed by atoms with Gasteiger partial charge in [-0.3, -0.25) is 0 Å². The summed E-state index contributed by atoms with van der Waals surface area (Å²) in [6, 6.07) is 14.8. The van der Waals surface area contributed by atoms with Gasteiger partial charge in [0, 0.05) is 12.2 Å². The molecule has 3 heteroatoms. The zero-order chi connectivity index (χ0) is 16.5. The van der Waals surface area contributed by atoms with Gasteiger partial charge in [-0.15, -0.1) is 0 Å². The highest BCUT2D eigenvalue weighted by molar-refractivity contribution is 5.54.